The number of amidine groups is 1. The van der Waals surface area contributed by atoms with Crippen molar-refractivity contribution in [3.63, 3.8) is 0 Å². The third kappa shape index (κ3) is 3.60. The van der Waals surface area contributed by atoms with Gasteiger partial charge in [-0.1, -0.05) is 19.3 Å². The Balaban J connectivity index is 1.45. The molecule has 6 nitrogen and oxygen atoms in total. The number of aromatic nitrogens is 2. The minimum absolute atomic E-state index is 0.383. The highest BCUT2D eigenvalue weighted by atomic mass is 32.1. The maximum Gasteiger partial charge on any atom is 0.224 e. The highest BCUT2D eigenvalue weighted by Crippen LogP contribution is 2.27. The van der Waals surface area contributed by atoms with Crippen LogP contribution in [0.3, 0.4) is 0 Å². The number of anilines is 2. The van der Waals surface area contributed by atoms with Gasteiger partial charge in [0.25, 0.3) is 0 Å². The molecular formula is C20H22N6S. The van der Waals surface area contributed by atoms with Gasteiger partial charge < -0.3 is 10.6 Å². The predicted octanol–water partition coefficient (Wildman–Crippen LogP) is 4.79. The molecule has 0 amide bonds. The van der Waals surface area contributed by atoms with Gasteiger partial charge in [0.15, 0.2) is 0 Å². The van der Waals surface area contributed by atoms with Crippen molar-refractivity contribution < 1.29 is 0 Å². The monoisotopic (exact) mass is 378 g/mol. The minimum atomic E-state index is 0.383. The first-order valence-electron chi connectivity index (χ1n) is 9.52. The lowest BCUT2D eigenvalue weighted by Crippen LogP contribution is -2.19. The number of H-pyrrole nitrogens is 1. The van der Waals surface area contributed by atoms with Crippen LogP contribution < -0.4 is 10.6 Å². The second-order valence-corrected chi connectivity index (χ2v) is 8.16. The Kier molecular flexibility index (Phi) is 4.37. The number of thiophene rings is 1. The quantitative estimate of drug-likeness (QED) is 0.600. The van der Waals surface area contributed by atoms with E-state index in [1.54, 1.807) is 11.3 Å². The molecule has 1 fully saturated rings. The van der Waals surface area contributed by atoms with Crippen molar-refractivity contribution in [1.29, 1.82) is 0 Å². The fraction of sp³-hybridized carbons (Fsp3) is 0.350. The van der Waals surface area contributed by atoms with Crippen LogP contribution in [0.4, 0.5) is 11.4 Å². The number of nitrogens with one attached hydrogen (secondary N) is 3. The average molecular weight is 379 g/mol. The van der Waals surface area contributed by atoms with Crippen LogP contribution in [0, 0.1) is 0 Å². The Labute approximate surface area is 161 Å². The van der Waals surface area contributed by atoms with E-state index in [1.165, 1.54) is 24.1 Å². The number of rotatable bonds is 2. The number of hydrogen-bond acceptors (Lipinski definition) is 4. The maximum absolute atomic E-state index is 4.93. The molecule has 0 unspecified atom stereocenters. The van der Waals surface area contributed by atoms with Crippen LogP contribution in [0.1, 0.15) is 37.0 Å². The Bertz CT molecular complexity index is 1010. The zero-order chi connectivity index (χ0) is 18.1. The molecule has 3 N–H and O–H groups in total. The van der Waals surface area contributed by atoms with Gasteiger partial charge in [-0.25, -0.2) is 4.99 Å². The summed E-state index contributed by atoms with van der Waals surface area (Å²) in [6, 6.07) is 8.68. The van der Waals surface area contributed by atoms with E-state index in [4.69, 9.17) is 9.98 Å². The first-order valence-corrected chi connectivity index (χ1v) is 10.4. The van der Waals surface area contributed by atoms with Crippen LogP contribution in [0.15, 0.2) is 45.8 Å². The van der Waals surface area contributed by atoms with Crippen LogP contribution in [0.5, 0.6) is 0 Å². The van der Waals surface area contributed by atoms with Gasteiger partial charge in [0.05, 0.1) is 23.4 Å². The summed E-state index contributed by atoms with van der Waals surface area (Å²) in [5.74, 6) is 1.65. The largest absolute Gasteiger partial charge is 0.343 e. The summed E-state index contributed by atoms with van der Waals surface area (Å²) < 4.78 is 0. The number of fused-ring (bicyclic) bond motifs is 2. The molecule has 138 valence electrons. The van der Waals surface area contributed by atoms with Gasteiger partial charge in [0, 0.05) is 22.4 Å². The van der Waals surface area contributed by atoms with E-state index >= 15 is 0 Å². The van der Waals surface area contributed by atoms with Crippen molar-refractivity contribution >= 4 is 45.4 Å². The number of guanidine groups is 1. The Hall–Kier alpha value is -2.67. The normalized spacial score (nSPS) is 19.4. The molecule has 0 spiro atoms. The number of hydrogen-bond donors (Lipinski definition) is 3. The molecule has 0 saturated heterocycles. The minimum Gasteiger partial charge on any atom is -0.343 e. The van der Waals surface area contributed by atoms with Crippen molar-refractivity contribution in [2.24, 2.45) is 9.98 Å². The topological polar surface area (TPSA) is 77.5 Å². The van der Waals surface area contributed by atoms with Crippen molar-refractivity contribution in [2.45, 2.75) is 44.6 Å². The van der Waals surface area contributed by atoms with E-state index in [0.29, 0.717) is 6.04 Å². The van der Waals surface area contributed by atoms with Crippen LogP contribution in [0.25, 0.3) is 10.9 Å². The maximum atomic E-state index is 4.93. The summed E-state index contributed by atoms with van der Waals surface area (Å²) in [6.45, 7) is 0. The standard InChI is InChI=1S/C20H22N6S/c1-2-4-14(5-3-1)23-20-24-17-8-9-27-18(17)11-19(25-20)22-15-6-7-16-13(10-15)12-21-26-16/h6-10,12,14H,1-5,11H2,(H,21,26)(H2,22,23,24,25). The molecule has 5 rings (SSSR count). The molecule has 1 aliphatic heterocycles. The van der Waals surface area contributed by atoms with E-state index in [0.717, 1.165) is 53.3 Å². The molecule has 3 heterocycles. The van der Waals surface area contributed by atoms with Crippen molar-refractivity contribution in [1.82, 2.24) is 10.2 Å². The first-order chi connectivity index (χ1) is 13.3. The average Bonchev–Trinajstić information content (AvgIpc) is 3.28. The van der Waals surface area contributed by atoms with E-state index < -0.39 is 0 Å². The first kappa shape index (κ1) is 16.5. The molecular weight excluding hydrogens is 356 g/mol. The van der Waals surface area contributed by atoms with E-state index in [2.05, 4.69) is 44.4 Å². The summed E-state index contributed by atoms with van der Waals surface area (Å²) >= 11 is 1.75. The van der Waals surface area contributed by atoms with Gasteiger partial charge in [-0.3, -0.25) is 5.10 Å². The van der Waals surface area contributed by atoms with Crippen LogP contribution in [0.2, 0.25) is 0 Å². The van der Waals surface area contributed by atoms with Gasteiger partial charge in [-0.2, -0.15) is 10.1 Å². The zero-order valence-corrected chi connectivity index (χ0v) is 15.9. The van der Waals surface area contributed by atoms with Crippen molar-refractivity contribution in [2.75, 3.05) is 10.6 Å². The van der Waals surface area contributed by atoms with Crippen molar-refractivity contribution in [3.8, 4) is 0 Å². The molecule has 7 heteroatoms. The molecule has 0 bridgehead atoms. The molecule has 1 aromatic carbocycles. The van der Waals surface area contributed by atoms with Gasteiger partial charge >= 0.3 is 0 Å². The molecule has 1 saturated carbocycles. The number of nitrogens with zero attached hydrogens (tertiary/aromatic N) is 3. The molecule has 2 aliphatic rings. The van der Waals surface area contributed by atoms with Gasteiger partial charge in [0.1, 0.15) is 5.84 Å². The SMILES string of the molecule is c1cc2c(s1)CC(Nc1ccc3[nH]ncc3c1)=NC(=NC1CCCCC1)N2. The second kappa shape index (κ2) is 7.15. The van der Waals surface area contributed by atoms with Gasteiger partial charge in [-0.15, -0.1) is 11.3 Å². The number of aliphatic imine (C=N–C) groups is 2. The lowest BCUT2D eigenvalue weighted by atomic mass is 9.96. The molecule has 1 aliphatic carbocycles. The summed E-state index contributed by atoms with van der Waals surface area (Å²) in [5.41, 5.74) is 3.17. The second-order valence-electron chi connectivity index (χ2n) is 7.16. The summed E-state index contributed by atoms with van der Waals surface area (Å²) in [4.78, 5) is 11.1. The molecule has 0 radical (unpaired) electrons. The van der Waals surface area contributed by atoms with E-state index in [9.17, 15) is 0 Å². The third-order valence-corrected chi connectivity index (χ3v) is 6.09. The van der Waals surface area contributed by atoms with E-state index in [-0.39, 0.29) is 0 Å². The van der Waals surface area contributed by atoms with Gasteiger partial charge in [0.2, 0.25) is 5.96 Å². The van der Waals surface area contributed by atoms with Crippen LogP contribution in [-0.4, -0.2) is 28.0 Å². The van der Waals surface area contributed by atoms with Crippen LogP contribution >= 0.6 is 11.3 Å². The highest BCUT2D eigenvalue weighted by molar-refractivity contribution is 7.10. The Morgan fingerprint density at radius 3 is 3.00 bits per heavy atom. The Morgan fingerprint density at radius 2 is 2.07 bits per heavy atom. The van der Waals surface area contributed by atoms with Gasteiger partial charge in [-0.05, 0) is 42.5 Å². The fourth-order valence-corrected chi connectivity index (χ4v) is 4.59. The lowest BCUT2D eigenvalue weighted by Gasteiger charge is -2.18. The summed E-state index contributed by atoms with van der Waals surface area (Å²) in [6.07, 6.45) is 8.80. The molecule has 0 atom stereocenters. The summed E-state index contributed by atoms with van der Waals surface area (Å²) in [7, 11) is 0. The van der Waals surface area contributed by atoms with Crippen LogP contribution in [-0.2, 0) is 6.42 Å². The fourth-order valence-electron chi connectivity index (χ4n) is 3.76. The third-order valence-electron chi connectivity index (χ3n) is 5.17. The smallest absolute Gasteiger partial charge is 0.224 e. The molecule has 2 aromatic heterocycles. The lowest BCUT2D eigenvalue weighted by molar-refractivity contribution is 0.443. The molecule has 27 heavy (non-hydrogen) atoms. The molecule has 3 aromatic rings. The Morgan fingerprint density at radius 1 is 1.15 bits per heavy atom. The van der Waals surface area contributed by atoms with Crippen molar-refractivity contribution in [3.05, 3.63) is 40.7 Å². The number of aromatic amines is 1. The predicted molar refractivity (Wildman–Crippen MR) is 113 cm³/mol. The number of benzene rings is 1. The zero-order valence-electron chi connectivity index (χ0n) is 15.0. The highest BCUT2D eigenvalue weighted by Gasteiger charge is 2.18. The van der Waals surface area contributed by atoms with E-state index in [1.807, 2.05) is 12.3 Å². The summed E-state index contributed by atoms with van der Waals surface area (Å²) in [5, 5.41) is 17.2.